The first-order valence-electron chi connectivity index (χ1n) is 6.96. The first kappa shape index (κ1) is 11.7. The third kappa shape index (κ3) is 2.54. The van der Waals surface area contributed by atoms with Gasteiger partial charge in [0.25, 0.3) is 0 Å². The summed E-state index contributed by atoms with van der Waals surface area (Å²) >= 11 is 0. The van der Waals surface area contributed by atoms with Crippen molar-refractivity contribution in [3.8, 4) is 0 Å². The smallest absolute Gasteiger partial charge is 0.0346 e. The molecule has 2 heterocycles. The monoisotopic (exact) mass is 240 g/mol. The summed E-state index contributed by atoms with van der Waals surface area (Å²) in [6, 6.07) is 8.59. The summed E-state index contributed by atoms with van der Waals surface area (Å²) in [5, 5.41) is 6.13. The minimum absolute atomic E-state index is 0.813. The summed E-state index contributed by atoms with van der Waals surface area (Å²) < 4.78 is 0. The molecular formula is C16H20N2. The van der Waals surface area contributed by atoms with Gasteiger partial charge in [0.05, 0.1) is 0 Å². The van der Waals surface area contributed by atoms with Crippen LogP contribution in [-0.2, 0) is 6.42 Å². The van der Waals surface area contributed by atoms with Crippen LogP contribution in [-0.4, -0.2) is 18.1 Å². The number of rotatable bonds is 2. The van der Waals surface area contributed by atoms with Crippen LogP contribution < -0.4 is 5.32 Å². The largest absolute Gasteiger partial charge is 0.317 e. The standard InChI is InChI=1S/C16H20N2/c1-2-6-16-14(5-1)11-18-12-15(16)10-13-4-3-8-17-9-7-13/h1-2,5-6,11-13,17H,3-4,7-10H2. The lowest BCUT2D eigenvalue weighted by molar-refractivity contribution is 0.471. The summed E-state index contributed by atoms with van der Waals surface area (Å²) in [7, 11) is 0. The third-order valence-corrected chi connectivity index (χ3v) is 3.95. The van der Waals surface area contributed by atoms with Crippen molar-refractivity contribution in [3.05, 3.63) is 42.2 Å². The molecule has 0 saturated carbocycles. The molecule has 1 saturated heterocycles. The molecule has 1 aliphatic rings. The van der Waals surface area contributed by atoms with Crippen molar-refractivity contribution in [1.82, 2.24) is 10.3 Å². The fourth-order valence-corrected chi connectivity index (χ4v) is 2.95. The van der Waals surface area contributed by atoms with Crippen LogP contribution in [0.1, 0.15) is 24.8 Å². The summed E-state index contributed by atoms with van der Waals surface area (Å²) in [6.45, 7) is 2.35. The second kappa shape index (κ2) is 5.49. The molecule has 0 aliphatic carbocycles. The van der Waals surface area contributed by atoms with E-state index < -0.39 is 0 Å². The van der Waals surface area contributed by atoms with E-state index in [0.29, 0.717) is 0 Å². The lowest BCUT2D eigenvalue weighted by Crippen LogP contribution is -2.14. The van der Waals surface area contributed by atoms with E-state index in [4.69, 9.17) is 0 Å². The fourth-order valence-electron chi connectivity index (χ4n) is 2.95. The van der Waals surface area contributed by atoms with Crippen LogP contribution >= 0.6 is 0 Å². The Labute approximate surface area is 108 Å². The molecule has 1 atom stereocenters. The molecule has 0 amide bonds. The number of aromatic nitrogens is 1. The van der Waals surface area contributed by atoms with E-state index in [1.807, 2.05) is 6.20 Å². The van der Waals surface area contributed by atoms with Gasteiger partial charge in [-0.2, -0.15) is 0 Å². The van der Waals surface area contributed by atoms with E-state index in [1.165, 1.54) is 55.1 Å². The predicted molar refractivity (Wildman–Crippen MR) is 75.7 cm³/mol. The minimum atomic E-state index is 0.813. The lowest BCUT2D eigenvalue weighted by Gasteiger charge is -2.14. The van der Waals surface area contributed by atoms with E-state index >= 15 is 0 Å². The Bertz CT molecular complexity index is 508. The minimum Gasteiger partial charge on any atom is -0.317 e. The zero-order valence-electron chi connectivity index (χ0n) is 10.7. The van der Waals surface area contributed by atoms with Crippen molar-refractivity contribution >= 4 is 10.8 Å². The number of pyridine rings is 1. The third-order valence-electron chi connectivity index (χ3n) is 3.95. The zero-order chi connectivity index (χ0) is 12.2. The molecular weight excluding hydrogens is 220 g/mol. The van der Waals surface area contributed by atoms with E-state index in [0.717, 1.165) is 5.92 Å². The number of nitrogens with zero attached hydrogens (tertiary/aromatic N) is 1. The Morgan fingerprint density at radius 3 is 3.06 bits per heavy atom. The predicted octanol–water partition coefficient (Wildman–Crippen LogP) is 3.17. The van der Waals surface area contributed by atoms with Gasteiger partial charge in [0.15, 0.2) is 0 Å². The quantitative estimate of drug-likeness (QED) is 0.872. The van der Waals surface area contributed by atoms with Gasteiger partial charge in [-0.1, -0.05) is 24.3 Å². The summed E-state index contributed by atoms with van der Waals surface area (Å²) in [4.78, 5) is 4.39. The molecule has 0 bridgehead atoms. The molecule has 94 valence electrons. The molecule has 1 aliphatic heterocycles. The maximum absolute atomic E-state index is 4.39. The van der Waals surface area contributed by atoms with Crippen LogP contribution in [0.25, 0.3) is 10.8 Å². The highest BCUT2D eigenvalue weighted by molar-refractivity contribution is 5.84. The topological polar surface area (TPSA) is 24.9 Å². The van der Waals surface area contributed by atoms with Crippen LogP contribution in [0.5, 0.6) is 0 Å². The normalized spacial score (nSPS) is 20.8. The SMILES string of the molecule is c1ccc2c(CC3CCCNCC3)cncc2c1. The highest BCUT2D eigenvalue weighted by Crippen LogP contribution is 2.24. The highest BCUT2D eigenvalue weighted by Gasteiger charge is 2.13. The molecule has 1 N–H and O–H groups in total. The van der Waals surface area contributed by atoms with Gasteiger partial charge < -0.3 is 5.32 Å². The lowest BCUT2D eigenvalue weighted by atomic mass is 9.91. The van der Waals surface area contributed by atoms with Gasteiger partial charge in [-0.05, 0) is 55.6 Å². The maximum atomic E-state index is 4.39. The van der Waals surface area contributed by atoms with E-state index in [9.17, 15) is 0 Å². The second-order valence-electron chi connectivity index (χ2n) is 5.27. The van der Waals surface area contributed by atoms with Crippen molar-refractivity contribution in [2.45, 2.75) is 25.7 Å². The molecule has 1 fully saturated rings. The van der Waals surface area contributed by atoms with Gasteiger partial charge in [-0.25, -0.2) is 0 Å². The average Bonchev–Trinajstić information content (AvgIpc) is 2.68. The second-order valence-corrected chi connectivity index (χ2v) is 5.27. The molecule has 2 heteroatoms. The van der Waals surface area contributed by atoms with Gasteiger partial charge in [0.1, 0.15) is 0 Å². The summed E-state index contributed by atoms with van der Waals surface area (Å²) in [6.07, 6.45) is 9.15. The van der Waals surface area contributed by atoms with Gasteiger partial charge >= 0.3 is 0 Å². The van der Waals surface area contributed by atoms with Crippen LogP contribution in [0.4, 0.5) is 0 Å². The molecule has 0 spiro atoms. The molecule has 0 radical (unpaired) electrons. The first-order chi connectivity index (χ1) is 8.93. The number of hydrogen-bond donors (Lipinski definition) is 1. The zero-order valence-corrected chi connectivity index (χ0v) is 10.7. The first-order valence-corrected chi connectivity index (χ1v) is 6.96. The molecule has 18 heavy (non-hydrogen) atoms. The van der Waals surface area contributed by atoms with Gasteiger partial charge in [0, 0.05) is 17.8 Å². The summed E-state index contributed by atoms with van der Waals surface area (Å²) in [5.41, 5.74) is 1.42. The number of benzene rings is 1. The van der Waals surface area contributed by atoms with Crippen LogP contribution in [0.15, 0.2) is 36.7 Å². The molecule has 1 aromatic carbocycles. The number of nitrogens with one attached hydrogen (secondary N) is 1. The van der Waals surface area contributed by atoms with Gasteiger partial charge in [-0.15, -0.1) is 0 Å². The number of fused-ring (bicyclic) bond motifs is 1. The molecule has 2 nitrogen and oxygen atoms in total. The van der Waals surface area contributed by atoms with E-state index in [1.54, 1.807) is 0 Å². The Morgan fingerprint density at radius 2 is 2.06 bits per heavy atom. The average molecular weight is 240 g/mol. The van der Waals surface area contributed by atoms with Crippen molar-refractivity contribution < 1.29 is 0 Å². The Hall–Kier alpha value is -1.41. The van der Waals surface area contributed by atoms with Crippen LogP contribution in [0, 0.1) is 5.92 Å². The van der Waals surface area contributed by atoms with Crippen LogP contribution in [0.2, 0.25) is 0 Å². The fraction of sp³-hybridized carbons (Fsp3) is 0.438. The van der Waals surface area contributed by atoms with E-state index in [2.05, 4.69) is 40.8 Å². The maximum Gasteiger partial charge on any atom is 0.0346 e. The molecule has 2 aromatic rings. The molecule has 1 aromatic heterocycles. The van der Waals surface area contributed by atoms with Gasteiger partial charge in [0.2, 0.25) is 0 Å². The summed E-state index contributed by atoms with van der Waals surface area (Å²) in [5.74, 6) is 0.813. The Balaban J connectivity index is 1.85. The van der Waals surface area contributed by atoms with E-state index in [-0.39, 0.29) is 0 Å². The van der Waals surface area contributed by atoms with Crippen molar-refractivity contribution in [3.63, 3.8) is 0 Å². The van der Waals surface area contributed by atoms with Crippen molar-refractivity contribution in [1.29, 1.82) is 0 Å². The van der Waals surface area contributed by atoms with Crippen molar-refractivity contribution in [2.24, 2.45) is 5.92 Å². The van der Waals surface area contributed by atoms with Crippen molar-refractivity contribution in [2.75, 3.05) is 13.1 Å². The van der Waals surface area contributed by atoms with Crippen LogP contribution in [0.3, 0.4) is 0 Å². The number of hydrogen-bond acceptors (Lipinski definition) is 2. The highest BCUT2D eigenvalue weighted by atomic mass is 14.8. The molecule has 1 unspecified atom stereocenters. The van der Waals surface area contributed by atoms with Gasteiger partial charge in [-0.3, -0.25) is 4.98 Å². The Morgan fingerprint density at radius 1 is 1.11 bits per heavy atom. The molecule has 3 rings (SSSR count). The Kier molecular flexibility index (Phi) is 3.56.